The Morgan fingerprint density at radius 3 is 2.70 bits per heavy atom. The second-order valence-electron chi connectivity index (χ2n) is 8.20. The van der Waals surface area contributed by atoms with Crippen LogP contribution in [-0.4, -0.2) is 26.7 Å². The molecule has 4 heterocycles. The summed E-state index contributed by atoms with van der Waals surface area (Å²) in [4.78, 5) is 6.85. The first-order chi connectivity index (χ1) is 16.1. The number of furan rings is 1. The Kier molecular flexibility index (Phi) is 5.64. The Labute approximate surface area is 198 Å². The first-order valence-electron chi connectivity index (χ1n) is 10.9. The molecule has 33 heavy (non-hydrogen) atoms. The Morgan fingerprint density at radius 2 is 1.97 bits per heavy atom. The van der Waals surface area contributed by atoms with E-state index in [1.165, 1.54) is 5.56 Å². The topological polar surface area (TPSA) is 55.5 Å². The maximum atomic E-state index is 5.80. The molecule has 0 saturated carbocycles. The molecule has 7 heteroatoms. The fraction of sp³-hybridized carbons (Fsp3) is 0.231. The van der Waals surface area contributed by atoms with Crippen LogP contribution < -0.4 is 10.1 Å². The Morgan fingerprint density at radius 1 is 1.09 bits per heavy atom. The number of benzene rings is 1. The number of aromatic nitrogens is 2. The maximum Gasteiger partial charge on any atom is 0.170 e. The van der Waals surface area contributed by atoms with Crippen LogP contribution in [0.5, 0.6) is 5.75 Å². The molecule has 1 aromatic carbocycles. The summed E-state index contributed by atoms with van der Waals surface area (Å²) in [6.45, 7) is 4.86. The van der Waals surface area contributed by atoms with E-state index in [0.29, 0.717) is 11.7 Å². The van der Waals surface area contributed by atoms with Crippen LogP contribution in [0.4, 0.5) is 0 Å². The highest BCUT2D eigenvalue weighted by molar-refractivity contribution is 7.80. The molecule has 0 aliphatic carbocycles. The molecular weight excluding hydrogens is 432 g/mol. The summed E-state index contributed by atoms with van der Waals surface area (Å²) in [6, 6.07) is 20.1. The van der Waals surface area contributed by atoms with Crippen LogP contribution in [0.2, 0.25) is 0 Å². The summed E-state index contributed by atoms with van der Waals surface area (Å²) in [5.74, 6) is 1.70. The highest BCUT2D eigenvalue weighted by Crippen LogP contribution is 2.42. The zero-order chi connectivity index (χ0) is 22.9. The van der Waals surface area contributed by atoms with Crippen molar-refractivity contribution in [1.82, 2.24) is 19.8 Å². The first kappa shape index (κ1) is 21.3. The van der Waals surface area contributed by atoms with Gasteiger partial charge in [0.15, 0.2) is 5.11 Å². The summed E-state index contributed by atoms with van der Waals surface area (Å²) < 4.78 is 13.4. The predicted molar refractivity (Wildman–Crippen MR) is 131 cm³/mol. The third kappa shape index (κ3) is 3.89. The minimum Gasteiger partial charge on any atom is -0.497 e. The molecule has 1 aliphatic heterocycles. The Hall–Kier alpha value is -3.58. The van der Waals surface area contributed by atoms with Gasteiger partial charge in [0, 0.05) is 29.3 Å². The quantitative estimate of drug-likeness (QED) is 0.398. The number of methoxy groups -OCH3 is 1. The van der Waals surface area contributed by atoms with Gasteiger partial charge in [-0.1, -0.05) is 12.1 Å². The second-order valence-corrected chi connectivity index (χ2v) is 8.58. The van der Waals surface area contributed by atoms with E-state index in [9.17, 15) is 0 Å². The molecule has 2 atom stereocenters. The highest BCUT2D eigenvalue weighted by Gasteiger charge is 2.41. The lowest BCUT2D eigenvalue weighted by Crippen LogP contribution is -2.29. The van der Waals surface area contributed by atoms with Gasteiger partial charge in [-0.2, -0.15) is 0 Å². The van der Waals surface area contributed by atoms with Gasteiger partial charge in [0.2, 0.25) is 0 Å². The molecule has 0 amide bonds. The number of hydrogen-bond donors (Lipinski definition) is 1. The smallest absolute Gasteiger partial charge is 0.170 e. The summed E-state index contributed by atoms with van der Waals surface area (Å²) in [5, 5.41) is 4.21. The van der Waals surface area contributed by atoms with Crippen molar-refractivity contribution in [2.75, 3.05) is 7.11 Å². The largest absolute Gasteiger partial charge is 0.497 e. The summed E-state index contributed by atoms with van der Waals surface area (Å²) in [5.41, 5.74) is 5.52. The standard InChI is InChI=1S/C26H26N4O2S/c1-17-14-22(18(2)30(17)19-8-6-9-20(15-19)31-3)25-24(23-11-4-5-12-27-23)28-26(33)29(25)16-21-10-7-13-32-21/h4-15,24-25H,16H2,1-3H3,(H,28,33)/t24-,25+/m0/s1. The van der Waals surface area contributed by atoms with Crippen LogP contribution in [0.25, 0.3) is 5.69 Å². The van der Waals surface area contributed by atoms with Gasteiger partial charge >= 0.3 is 0 Å². The Balaban J connectivity index is 1.62. The van der Waals surface area contributed by atoms with Crippen LogP contribution >= 0.6 is 12.2 Å². The van der Waals surface area contributed by atoms with Gasteiger partial charge in [0.05, 0.1) is 37.7 Å². The van der Waals surface area contributed by atoms with Gasteiger partial charge in [-0.05, 0) is 74.1 Å². The lowest BCUT2D eigenvalue weighted by molar-refractivity contribution is 0.286. The van der Waals surface area contributed by atoms with Crippen molar-refractivity contribution in [1.29, 1.82) is 0 Å². The molecule has 1 aliphatic rings. The van der Waals surface area contributed by atoms with E-state index in [1.54, 1.807) is 13.4 Å². The van der Waals surface area contributed by atoms with Crippen LogP contribution in [0.15, 0.2) is 77.5 Å². The number of pyridine rings is 1. The first-order valence-corrected chi connectivity index (χ1v) is 11.3. The van der Waals surface area contributed by atoms with E-state index in [-0.39, 0.29) is 12.1 Å². The molecule has 0 bridgehead atoms. The van der Waals surface area contributed by atoms with Gasteiger partial charge in [0.1, 0.15) is 11.5 Å². The van der Waals surface area contributed by atoms with Gasteiger partial charge < -0.3 is 23.9 Å². The molecule has 0 radical (unpaired) electrons. The number of ether oxygens (including phenoxy) is 1. The van der Waals surface area contributed by atoms with Crippen LogP contribution in [0.1, 0.15) is 40.5 Å². The molecular formula is C26H26N4O2S. The molecule has 0 spiro atoms. The average Bonchev–Trinajstić information content (AvgIpc) is 3.53. The normalized spacial score (nSPS) is 17.9. The SMILES string of the molecule is COc1cccc(-n2c(C)cc([C@@H]3[C@H](c4ccccn4)NC(=S)N3Cc3ccco3)c2C)c1. The zero-order valence-corrected chi connectivity index (χ0v) is 19.7. The summed E-state index contributed by atoms with van der Waals surface area (Å²) in [6.07, 6.45) is 3.52. The van der Waals surface area contributed by atoms with E-state index in [2.05, 4.69) is 51.8 Å². The number of aryl methyl sites for hydroxylation is 1. The number of rotatable bonds is 6. The van der Waals surface area contributed by atoms with Crippen LogP contribution in [-0.2, 0) is 6.54 Å². The fourth-order valence-electron chi connectivity index (χ4n) is 4.72. The lowest BCUT2D eigenvalue weighted by atomic mass is 9.96. The van der Waals surface area contributed by atoms with Crippen molar-refractivity contribution in [2.45, 2.75) is 32.5 Å². The molecule has 168 valence electrons. The predicted octanol–water partition coefficient (Wildman–Crippen LogP) is 5.26. The third-order valence-corrected chi connectivity index (χ3v) is 6.56. The number of nitrogens with one attached hydrogen (secondary N) is 1. The molecule has 1 N–H and O–H groups in total. The molecule has 5 rings (SSSR count). The molecule has 4 aromatic rings. The highest BCUT2D eigenvalue weighted by atomic mass is 32.1. The molecule has 6 nitrogen and oxygen atoms in total. The van der Waals surface area contributed by atoms with E-state index in [4.69, 9.17) is 21.4 Å². The number of thiocarbonyl (C=S) groups is 1. The van der Waals surface area contributed by atoms with Crippen molar-refractivity contribution in [3.63, 3.8) is 0 Å². The van der Waals surface area contributed by atoms with Gasteiger partial charge in [0.25, 0.3) is 0 Å². The van der Waals surface area contributed by atoms with E-state index in [1.807, 2.05) is 48.7 Å². The van der Waals surface area contributed by atoms with Crippen molar-refractivity contribution < 1.29 is 9.15 Å². The maximum absolute atomic E-state index is 5.80. The second kappa shape index (κ2) is 8.75. The van der Waals surface area contributed by atoms with E-state index in [0.717, 1.165) is 34.3 Å². The Bertz CT molecular complexity index is 1270. The number of nitrogens with zero attached hydrogens (tertiary/aromatic N) is 3. The van der Waals surface area contributed by atoms with Crippen LogP contribution in [0.3, 0.4) is 0 Å². The van der Waals surface area contributed by atoms with Crippen molar-refractivity contribution in [2.24, 2.45) is 0 Å². The number of hydrogen-bond acceptors (Lipinski definition) is 4. The molecule has 1 saturated heterocycles. The van der Waals surface area contributed by atoms with Crippen molar-refractivity contribution >= 4 is 17.3 Å². The van der Waals surface area contributed by atoms with Crippen molar-refractivity contribution in [3.8, 4) is 11.4 Å². The minimum absolute atomic E-state index is 0.0388. The molecule has 0 unspecified atom stereocenters. The fourth-order valence-corrected chi connectivity index (χ4v) is 5.02. The average molecular weight is 459 g/mol. The zero-order valence-electron chi connectivity index (χ0n) is 18.9. The van der Waals surface area contributed by atoms with Crippen LogP contribution in [0, 0.1) is 13.8 Å². The minimum atomic E-state index is -0.0760. The van der Waals surface area contributed by atoms with Gasteiger partial charge in [-0.3, -0.25) is 4.98 Å². The third-order valence-electron chi connectivity index (χ3n) is 6.20. The lowest BCUT2D eigenvalue weighted by Gasteiger charge is -2.27. The summed E-state index contributed by atoms with van der Waals surface area (Å²) in [7, 11) is 1.69. The monoisotopic (exact) mass is 458 g/mol. The van der Waals surface area contributed by atoms with Crippen molar-refractivity contribution in [3.05, 3.63) is 102 Å². The summed E-state index contributed by atoms with van der Waals surface area (Å²) >= 11 is 5.80. The molecule has 1 fully saturated rings. The van der Waals surface area contributed by atoms with Gasteiger partial charge in [-0.25, -0.2) is 0 Å². The van der Waals surface area contributed by atoms with E-state index >= 15 is 0 Å². The molecule has 3 aromatic heterocycles. The van der Waals surface area contributed by atoms with Gasteiger partial charge in [-0.15, -0.1) is 0 Å². The van der Waals surface area contributed by atoms with E-state index < -0.39 is 0 Å².